The van der Waals surface area contributed by atoms with E-state index in [2.05, 4.69) is 39.4 Å². The highest BCUT2D eigenvalue weighted by Gasteiger charge is 2.20. The maximum Gasteiger partial charge on any atom is 0.191 e. The number of likely N-dealkylation sites (tertiary alicyclic amines) is 1. The summed E-state index contributed by atoms with van der Waals surface area (Å²) in [6, 6.07) is 7.23. The minimum absolute atomic E-state index is 0.176. The van der Waals surface area contributed by atoms with Gasteiger partial charge in [-0.1, -0.05) is 12.1 Å². The molecule has 0 aliphatic carbocycles. The van der Waals surface area contributed by atoms with E-state index < -0.39 is 0 Å². The Bertz CT molecular complexity index is 735. The molecule has 1 fully saturated rings. The zero-order chi connectivity index (χ0) is 19.1. The van der Waals surface area contributed by atoms with Gasteiger partial charge in [-0.15, -0.1) is 11.3 Å². The Labute approximate surface area is 164 Å². The van der Waals surface area contributed by atoms with Gasteiger partial charge >= 0.3 is 0 Å². The molecular formula is C20H28FN5S. The molecule has 1 aromatic carbocycles. The number of aromatic nitrogens is 1. The van der Waals surface area contributed by atoms with E-state index in [0.717, 1.165) is 55.6 Å². The largest absolute Gasteiger partial charge is 0.357 e. The average Bonchev–Trinajstić information content (AvgIpc) is 3.09. The summed E-state index contributed by atoms with van der Waals surface area (Å²) in [4.78, 5) is 12.7. The zero-order valence-corrected chi connectivity index (χ0v) is 16.9. The number of hydrogen-bond donors (Lipinski definition) is 2. The van der Waals surface area contributed by atoms with Crippen LogP contribution in [-0.4, -0.2) is 41.5 Å². The highest BCUT2D eigenvalue weighted by atomic mass is 32.1. The van der Waals surface area contributed by atoms with E-state index in [4.69, 9.17) is 0 Å². The zero-order valence-electron chi connectivity index (χ0n) is 16.0. The summed E-state index contributed by atoms with van der Waals surface area (Å²) in [7, 11) is 0. The summed E-state index contributed by atoms with van der Waals surface area (Å²) >= 11 is 1.69. The third-order valence-electron chi connectivity index (χ3n) is 4.63. The van der Waals surface area contributed by atoms with Gasteiger partial charge in [0.1, 0.15) is 10.8 Å². The monoisotopic (exact) mass is 389 g/mol. The average molecular weight is 390 g/mol. The number of aliphatic imine (C=N–C) groups is 1. The molecule has 1 saturated heterocycles. The molecule has 0 bridgehead atoms. The number of hydrogen-bond acceptors (Lipinski definition) is 4. The number of halogens is 1. The quantitative estimate of drug-likeness (QED) is 0.588. The molecule has 2 aromatic rings. The van der Waals surface area contributed by atoms with Crippen molar-refractivity contribution in [3.8, 4) is 0 Å². The molecule has 27 heavy (non-hydrogen) atoms. The van der Waals surface area contributed by atoms with Gasteiger partial charge in [0.25, 0.3) is 0 Å². The van der Waals surface area contributed by atoms with Crippen LogP contribution < -0.4 is 10.6 Å². The van der Waals surface area contributed by atoms with E-state index in [9.17, 15) is 4.39 Å². The third-order valence-corrected chi connectivity index (χ3v) is 5.53. The van der Waals surface area contributed by atoms with Crippen LogP contribution in [0.5, 0.6) is 0 Å². The van der Waals surface area contributed by atoms with Crippen LogP contribution in [0.25, 0.3) is 0 Å². The van der Waals surface area contributed by atoms with Crippen LogP contribution in [0.4, 0.5) is 4.39 Å². The first-order chi connectivity index (χ1) is 13.1. The Kier molecular flexibility index (Phi) is 7.18. The van der Waals surface area contributed by atoms with E-state index >= 15 is 0 Å². The van der Waals surface area contributed by atoms with Crippen molar-refractivity contribution in [3.63, 3.8) is 0 Å². The molecule has 1 aliphatic rings. The van der Waals surface area contributed by atoms with Gasteiger partial charge in [0.05, 0.1) is 6.54 Å². The molecule has 5 nitrogen and oxygen atoms in total. The number of piperidine rings is 1. The van der Waals surface area contributed by atoms with E-state index in [-0.39, 0.29) is 5.82 Å². The van der Waals surface area contributed by atoms with Crippen molar-refractivity contribution in [1.82, 2.24) is 20.5 Å². The van der Waals surface area contributed by atoms with E-state index in [1.165, 1.54) is 17.0 Å². The SMILES string of the molecule is CCNC(=NCc1ncc(C)s1)NC1CCN(Cc2ccc(F)cc2)CC1. The summed E-state index contributed by atoms with van der Waals surface area (Å²) in [5.74, 6) is 0.687. The number of rotatable bonds is 6. The second kappa shape index (κ2) is 9.80. The first-order valence-electron chi connectivity index (χ1n) is 9.55. The van der Waals surface area contributed by atoms with Gasteiger partial charge in [-0.05, 0) is 44.4 Å². The van der Waals surface area contributed by atoms with Gasteiger partial charge in [-0.25, -0.2) is 14.4 Å². The molecule has 7 heteroatoms. The number of aryl methyl sites for hydroxylation is 1. The molecule has 2 heterocycles. The van der Waals surface area contributed by atoms with Crippen molar-refractivity contribution in [2.24, 2.45) is 4.99 Å². The molecule has 1 aromatic heterocycles. The lowest BCUT2D eigenvalue weighted by atomic mass is 10.0. The number of nitrogens with zero attached hydrogens (tertiary/aromatic N) is 3. The summed E-state index contributed by atoms with van der Waals surface area (Å²) in [5, 5.41) is 7.94. The van der Waals surface area contributed by atoms with Gasteiger partial charge < -0.3 is 10.6 Å². The van der Waals surface area contributed by atoms with Crippen molar-refractivity contribution in [2.75, 3.05) is 19.6 Å². The van der Waals surface area contributed by atoms with Gasteiger partial charge in [0.2, 0.25) is 0 Å². The molecule has 0 unspecified atom stereocenters. The highest BCUT2D eigenvalue weighted by molar-refractivity contribution is 7.11. The summed E-state index contributed by atoms with van der Waals surface area (Å²) in [5.41, 5.74) is 1.16. The molecule has 146 valence electrons. The van der Waals surface area contributed by atoms with E-state index in [1.54, 1.807) is 11.3 Å². The molecular weight excluding hydrogens is 361 g/mol. The van der Waals surface area contributed by atoms with E-state index in [0.29, 0.717) is 12.6 Å². The van der Waals surface area contributed by atoms with Crippen molar-refractivity contribution < 1.29 is 4.39 Å². The fourth-order valence-corrected chi connectivity index (χ4v) is 3.93. The van der Waals surface area contributed by atoms with Crippen LogP contribution in [0.1, 0.15) is 35.2 Å². The molecule has 1 aliphatic heterocycles. The topological polar surface area (TPSA) is 52.6 Å². The maximum absolute atomic E-state index is 13.0. The summed E-state index contributed by atoms with van der Waals surface area (Å²) in [6.45, 7) is 8.53. The Morgan fingerprint density at radius 1 is 1.30 bits per heavy atom. The van der Waals surface area contributed by atoms with Gasteiger partial charge in [0, 0.05) is 43.3 Å². The normalized spacial score (nSPS) is 16.5. The first kappa shape index (κ1) is 19.8. The summed E-state index contributed by atoms with van der Waals surface area (Å²) in [6.07, 6.45) is 4.04. The van der Waals surface area contributed by atoms with Crippen molar-refractivity contribution >= 4 is 17.3 Å². The van der Waals surface area contributed by atoms with Crippen molar-refractivity contribution in [3.05, 3.63) is 51.7 Å². The molecule has 0 radical (unpaired) electrons. The lowest BCUT2D eigenvalue weighted by Crippen LogP contribution is -2.48. The van der Waals surface area contributed by atoms with Gasteiger partial charge in [-0.3, -0.25) is 4.90 Å². The van der Waals surface area contributed by atoms with Crippen LogP contribution in [0.2, 0.25) is 0 Å². The number of benzene rings is 1. The maximum atomic E-state index is 13.0. The number of nitrogens with one attached hydrogen (secondary N) is 2. The standard InChI is InChI=1S/C20H28FN5S/c1-3-22-20(24-13-19-23-12-15(2)27-19)25-18-8-10-26(11-9-18)14-16-4-6-17(21)7-5-16/h4-7,12,18H,3,8-11,13-14H2,1-2H3,(H2,22,24,25). The fraction of sp³-hybridized carbons (Fsp3) is 0.500. The summed E-state index contributed by atoms with van der Waals surface area (Å²) < 4.78 is 13.0. The first-order valence-corrected chi connectivity index (χ1v) is 10.4. The molecule has 2 N–H and O–H groups in total. The fourth-order valence-electron chi connectivity index (χ4n) is 3.22. The smallest absolute Gasteiger partial charge is 0.191 e. The minimum Gasteiger partial charge on any atom is -0.357 e. The van der Waals surface area contributed by atoms with Gasteiger partial charge in [-0.2, -0.15) is 0 Å². The van der Waals surface area contributed by atoms with Crippen LogP contribution in [0.3, 0.4) is 0 Å². The van der Waals surface area contributed by atoms with Crippen LogP contribution >= 0.6 is 11.3 Å². The Morgan fingerprint density at radius 2 is 2.04 bits per heavy atom. The highest BCUT2D eigenvalue weighted by Crippen LogP contribution is 2.15. The molecule has 0 atom stereocenters. The lowest BCUT2D eigenvalue weighted by molar-refractivity contribution is 0.198. The lowest BCUT2D eigenvalue weighted by Gasteiger charge is -2.33. The van der Waals surface area contributed by atoms with Crippen LogP contribution in [0.15, 0.2) is 35.5 Å². The molecule has 3 rings (SSSR count). The Balaban J connectivity index is 1.47. The minimum atomic E-state index is -0.176. The van der Waals surface area contributed by atoms with Crippen molar-refractivity contribution in [2.45, 2.75) is 45.8 Å². The van der Waals surface area contributed by atoms with Crippen LogP contribution in [0, 0.1) is 12.7 Å². The predicted octanol–water partition coefficient (Wildman–Crippen LogP) is 3.31. The molecule has 0 saturated carbocycles. The number of guanidine groups is 1. The van der Waals surface area contributed by atoms with Gasteiger partial charge in [0.15, 0.2) is 5.96 Å². The second-order valence-electron chi connectivity index (χ2n) is 6.88. The predicted molar refractivity (Wildman–Crippen MR) is 110 cm³/mol. The number of thiazole rings is 1. The van der Waals surface area contributed by atoms with E-state index in [1.807, 2.05) is 18.3 Å². The molecule has 0 amide bonds. The van der Waals surface area contributed by atoms with Crippen LogP contribution in [-0.2, 0) is 13.1 Å². The Morgan fingerprint density at radius 3 is 2.67 bits per heavy atom. The third kappa shape index (κ3) is 6.29. The Hall–Kier alpha value is -1.99. The van der Waals surface area contributed by atoms with Crippen molar-refractivity contribution in [1.29, 1.82) is 0 Å². The molecule has 0 spiro atoms. The second-order valence-corrected chi connectivity index (χ2v) is 8.20.